The zero-order chi connectivity index (χ0) is 16.2. The summed E-state index contributed by atoms with van der Waals surface area (Å²) in [5.41, 5.74) is 0.400. The van der Waals surface area contributed by atoms with Gasteiger partial charge in [0.2, 0.25) is 5.91 Å². The molecule has 23 heavy (non-hydrogen) atoms. The highest BCUT2D eigenvalue weighted by molar-refractivity contribution is 7.11. The summed E-state index contributed by atoms with van der Waals surface area (Å²) in [5.74, 6) is -0.369. The molecule has 1 atom stereocenters. The van der Waals surface area contributed by atoms with E-state index in [9.17, 15) is 9.18 Å². The van der Waals surface area contributed by atoms with Gasteiger partial charge in [0.15, 0.2) is 0 Å². The van der Waals surface area contributed by atoms with Gasteiger partial charge in [-0.25, -0.2) is 9.37 Å². The number of hydrogen-bond acceptors (Lipinski definition) is 4. The average molecular weight is 355 g/mol. The van der Waals surface area contributed by atoms with Crippen molar-refractivity contribution in [2.45, 2.75) is 25.4 Å². The predicted octanol–water partition coefficient (Wildman–Crippen LogP) is 3.55. The van der Waals surface area contributed by atoms with Crippen molar-refractivity contribution in [3.63, 3.8) is 0 Å². The Kier molecular flexibility index (Phi) is 5.13. The molecule has 1 amide bonds. The van der Waals surface area contributed by atoms with E-state index in [0.29, 0.717) is 35.3 Å². The van der Waals surface area contributed by atoms with Crippen molar-refractivity contribution in [3.8, 4) is 5.19 Å². The van der Waals surface area contributed by atoms with Crippen LogP contribution in [0.25, 0.3) is 0 Å². The summed E-state index contributed by atoms with van der Waals surface area (Å²) < 4.78 is 19.4. The third-order valence-electron chi connectivity index (χ3n) is 3.83. The molecule has 1 saturated heterocycles. The van der Waals surface area contributed by atoms with Gasteiger partial charge >= 0.3 is 0 Å². The van der Waals surface area contributed by atoms with Crippen LogP contribution < -0.4 is 4.74 Å². The standard InChI is InChI=1S/C16H16ClFN2O2S/c17-13-2-1-3-14(18)12(13)4-5-15(21)20-8-6-11(10-20)22-16-19-7-9-23-16/h1-3,7,9,11H,4-6,8,10H2. The first-order chi connectivity index (χ1) is 11.1. The Bertz CT molecular complexity index is 660. The van der Waals surface area contributed by atoms with Crippen LogP contribution >= 0.6 is 22.9 Å². The van der Waals surface area contributed by atoms with Crippen molar-refractivity contribution < 1.29 is 13.9 Å². The lowest BCUT2D eigenvalue weighted by Crippen LogP contribution is -2.31. The largest absolute Gasteiger partial charge is 0.465 e. The molecule has 0 bridgehead atoms. The summed E-state index contributed by atoms with van der Waals surface area (Å²) in [6, 6.07) is 4.56. The number of benzene rings is 1. The number of thiazole rings is 1. The third kappa shape index (κ3) is 4.00. The smallest absolute Gasteiger partial charge is 0.273 e. The summed E-state index contributed by atoms with van der Waals surface area (Å²) in [6.45, 7) is 1.20. The first-order valence-corrected chi connectivity index (χ1v) is 8.66. The lowest BCUT2D eigenvalue weighted by molar-refractivity contribution is -0.130. The summed E-state index contributed by atoms with van der Waals surface area (Å²) >= 11 is 7.42. The minimum absolute atomic E-state index is 0.00504. The quantitative estimate of drug-likeness (QED) is 0.824. The molecule has 0 radical (unpaired) electrons. The van der Waals surface area contributed by atoms with Gasteiger partial charge in [-0.1, -0.05) is 29.0 Å². The highest BCUT2D eigenvalue weighted by Gasteiger charge is 2.28. The van der Waals surface area contributed by atoms with Crippen molar-refractivity contribution in [1.29, 1.82) is 0 Å². The molecule has 0 spiro atoms. The molecule has 4 nitrogen and oxygen atoms in total. The molecule has 0 N–H and O–H groups in total. The van der Waals surface area contributed by atoms with E-state index in [0.717, 1.165) is 6.42 Å². The maximum atomic E-state index is 13.7. The number of halogens is 2. The number of amides is 1. The second-order valence-electron chi connectivity index (χ2n) is 5.37. The lowest BCUT2D eigenvalue weighted by atomic mass is 10.1. The van der Waals surface area contributed by atoms with E-state index >= 15 is 0 Å². The topological polar surface area (TPSA) is 42.4 Å². The van der Waals surface area contributed by atoms with Gasteiger partial charge in [0.1, 0.15) is 11.9 Å². The van der Waals surface area contributed by atoms with Crippen molar-refractivity contribution in [3.05, 3.63) is 46.2 Å². The Morgan fingerprint density at radius 1 is 1.52 bits per heavy atom. The van der Waals surface area contributed by atoms with Crippen LogP contribution in [0.15, 0.2) is 29.8 Å². The maximum absolute atomic E-state index is 13.7. The number of carbonyl (C=O) groups excluding carboxylic acids is 1. The Morgan fingerprint density at radius 3 is 3.13 bits per heavy atom. The second-order valence-corrected chi connectivity index (χ2v) is 6.63. The molecule has 0 saturated carbocycles. The molecule has 122 valence electrons. The van der Waals surface area contributed by atoms with Crippen LogP contribution in [0.4, 0.5) is 4.39 Å². The molecule has 1 aliphatic rings. The third-order valence-corrected chi connectivity index (χ3v) is 4.84. The summed E-state index contributed by atoms with van der Waals surface area (Å²) in [6.07, 6.45) is 2.99. The van der Waals surface area contributed by atoms with Crippen LogP contribution in [0, 0.1) is 5.82 Å². The summed E-state index contributed by atoms with van der Waals surface area (Å²) in [4.78, 5) is 18.1. The Hall–Kier alpha value is -1.66. The van der Waals surface area contributed by atoms with Gasteiger partial charge in [-0.15, -0.1) is 0 Å². The molecular formula is C16H16ClFN2O2S. The molecule has 1 aliphatic heterocycles. The van der Waals surface area contributed by atoms with Gasteiger partial charge in [0.05, 0.1) is 6.54 Å². The first-order valence-electron chi connectivity index (χ1n) is 7.40. The number of rotatable bonds is 5. The van der Waals surface area contributed by atoms with Gasteiger partial charge in [0.25, 0.3) is 5.19 Å². The van der Waals surface area contributed by atoms with E-state index in [1.165, 1.54) is 17.4 Å². The zero-order valence-corrected chi connectivity index (χ0v) is 13.9. The number of hydrogen-bond donors (Lipinski definition) is 0. The molecule has 0 aliphatic carbocycles. The van der Waals surface area contributed by atoms with Crippen LogP contribution in [-0.4, -0.2) is 35.0 Å². The van der Waals surface area contributed by atoms with E-state index in [4.69, 9.17) is 16.3 Å². The zero-order valence-electron chi connectivity index (χ0n) is 12.4. The van der Waals surface area contributed by atoms with Crippen molar-refractivity contribution in [2.24, 2.45) is 0 Å². The van der Waals surface area contributed by atoms with Gasteiger partial charge < -0.3 is 9.64 Å². The van der Waals surface area contributed by atoms with E-state index < -0.39 is 0 Å². The fourth-order valence-corrected chi connectivity index (χ4v) is 3.43. The average Bonchev–Trinajstić information content (AvgIpc) is 3.19. The SMILES string of the molecule is O=C(CCc1c(F)cccc1Cl)N1CCC(Oc2nccs2)C1. The molecular weight excluding hydrogens is 339 g/mol. The minimum atomic E-state index is -0.364. The fraction of sp³-hybridized carbons (Fsp3) is 0.375. The van der Waals surface area contributed by atoms with E-state index in [1.807, 2.05) is 5.38 Å². The fourth-order valence-electron chi connectivity index (χ4n) is 2.62. The van der Waals surface area contributed by atoms with E-state index in [1.54, 1.807) is 23.2 Å². The van der Waals surface area contributed by atoms with Gasteiger partial charge in [-0.2, -0.15) is 0 Å². The molecule has 1 aromatic heterocycles. The number of likely N-dealkylation sites (tertiary alicyclic amines) is 1. The highest BCUT2D eigenvalue weighted by atomic mass is 35.5. The van der Waals surface area contributed by atoms with Gasteiger partial charge in [-0.05, 0) is 18.6 Å². The number of nitrogens with zero attached hydrogens (tertiary/aromatic N) is 2. The first kappa shape index (κ1) is 16.2. The lowest BCUT2D eigenvalue weighted by Gasteiger charge is -2.16. The van der Waals surface area contributed by atoms with Crippen LogP contribution in [0.3, 0.4) is 0 Å². The normalized spacial score (nSPS) is 17.5. The molecule has 1 fully saturated rings. The Labute approximate surface area is 142 Å². The number of ether oxygens (including phenoxy) is 1. The monoisotopic (exact) mass is 354 g/mol. The van der Waals surface area contributed by atoms with E-state index in [2.05, 4.69) is 4.98 Å². The van der Waals surface area contributed by atoms with Gasteiger partial charge in [-0.3, -0.25) is 4.79 Å². The molecule has 3 rings (SSSR count). The number of carbonyl (C=O) groups is 1. The van der Waals surface area contributed by atoms with Crippen molar-refractivity contribution in [1.82, 2.24) is 9.88 Å². The van der Waals surface area contributed by atoms with Crippen LogP contribution in [0.1, 0.15) is 18.4 Å². The summed E-state index contributed by atoms with van der Waals surface area (Å²) in [5, 5.41) is 2.84. The molecule has 1 aromatic carbocycles. The summed E-state index contributed by atoms with van der Waals surface area (Å²) in [7, 11) is 0. The second kappa shape index (κ2) is 7.27. The highest BCUT2D eigenvalue weighted by Crippen LogP contribution is 2.23. The molecule has 2 heterocycles. The Morgan fingerprint density at radius 2 is 2.39 bits per heavy atom. The van der Waals surface area contributed by atoms with Crippen LogP contribution in [-0.2, 0) is 11.2 Å². The van der Waals surface area contributed by atoms with Crippen molar-refractivity contribution in [2.75, 3.05) is 13.1 Å². The van der Waals surface area contributed by atoms with Crippen molar-refractivity contribution >= 4 is 28.8 Å². The molecule has 7 heteroatoms. The van der Waals surface area contributed by atoms with Gasteiger partial charge in [0, 0.05) is 41.5 Å². The predicted molar refractivity (Wildman–Crippen MR) is 87.5 cm³/mol. The minimum Gasteiger partial charge on any atom is -0.465 e. The molecule has 2 aromatic rings. The van der Waals surface area contributed by atoms with Crippen LogP contribution in [0.2, 0.25) is 5.02 Å². The molecule has 1 unspecified atom stereocenters. The van der Waals surface area contributed by atoms with Crippen LogP contribution in [0.5, 0.6) is 5.19 Å². The number of aromatic nitrogens is 1. The Balaban J connectivity index is 1.51. The maximum Gasteiger partial charge on any atom is 0.273 e. The van der Waals surface area contributed by atoms with E-state index in [-0.39, 0.29) is 24.2 Å².